The van der Waals surface area contributed by atoms with Crippen LogP contribution >= 0.6 is 0 Å². The fourth-order valence-corrected chi connectivity index (χ4v) is 2.30. The average molecular weight is 379 g/mol. The number of nitrogens with one attached hydrogen (secondary N) is 1. The highest BCUT2D eigenvalue weighted by Crippen LogP contribution is 2.34. The highest BCUT2D eigenvalue weighted by atomic mass is 19.3. The highest BCUT2D eigenvalue weighted by molar-refractivity contribution is 5.95. The maximum atomic E-state index is 12.7. The molecule has 2 aromatic carbocycles. The molecule has 0 atom stereocenters. The summed E-state index contributed by atoms with van der Waals surface area (Å²) < 4.78 is 35.1. The Morgan fingerprint density at radius 1 is 1.19 bits per heavy atom. The normalized spacial score (nSPS) is 10.4. The summed E-state index contributed by atoms with van der Waals surface area (Å²) in [5.74, 6) is 0.0796. The van der Waals surface area contributed by atoms with Crippen LogP contribution in [0.2, 0.25) is 0 Å². The molecule has 9 heteroatoms. The number of likely N-dealkylation sites (N-methyl/N-ethyl adjacent to an activating group) is 1. The number of anilines is 1. The molecule has 0 heterocycles. The molecule has 0 unspecified atom stereocenters. The van der Waals surface area contributed by atoms with Crippen LogP contribution in [0.1, 0.15) is 0 Å². The van der Waals surface area contributed by atoms with E-state index in [1.54, 1.807) is 24.3 Å². The van der Waals surface area contributed by atoms with Gasteiger partial charge in [0.2, 0.25) is 5.91 Å². The summed E-state index contributed by atoms with van der Waals surface area (Å²) in [7, 11) is 2.89. The number of urea groups is 1. The van der Waals surface area contributed by atoms with E-state index in [-0.39, 0.29) is 12.3 Å². The number of primary amides is 1. The van der Waals surface area contributed by atoms with Gasteiger partial charge < -0.3 is 25.4 Å². The summed E-state index contributed by atoms with van der Waals surface area (Å²) in [5.41, 5.74) is 6.38. The van der Waals surface area contributed by atoms with Crippen molar-refractivity contribution in [1.29, 1.82) is 0 Å². The summed E-state index contributed by atoms with van der Waals surface area (Å²) in [6, 6.07) is 10.2. The van der Waals surface area contributed by atoms with E-state index in [0.717, 1.165) is 4.90 Å². The molecule has 0 radical (unpaired) electrons. The zero-order valence-electron chi connectivity index (χ0n) is 14.7. The van der Waals surface area contributed by atoms with Crippen molar-refractivity contribution in [2.24, 2.45) is 5.73 Å². The third-order valence-electron chi connectivity index (χ3n) is 3.64. The van der Waals surface area contributed by atoms with Gasteiger partial charge in [0.05, 0.1) is 7.11 Å². The monoisotopic (exact) mass is 379 g/mol. The summed E-state index contributed by atoms with van der Waals surface area (Å²) >= 11 is 0. The van der Waals surface area contributed by atoms with E-state index >= 15 is 0 Å². The molecule has 2 rings (SSSR count). The van der Waals surface area contributed by atoms with Crippen molar-refractivity contribution in [2.75, 3.05) is 26.0 Å². The van der Waals surface area contributed by atoms with Crippen LogP contribution in [0.3, 0.4) is 0 Å². The predicted octanol–water partition coefficient (Wildman–Crippen LogP) is 2.91. The van der Waals surface area contributed by atoms with Gasteiger partial charge in [-0.25, -0.2) is 4.79 Å². The lowest BCUT2D eigenvalue weighted by Crippen LogP contribution is -2.38. The number of carbonyl (C=O) groups excluding carboxylic acids is 2. The van der Waals surface area contributed by atoms with Gasteiger partial charge in [-0.2, -0.15) is 8.78 Å². The molecule has 0 spiro atoms. The van der Waals surface area contributed by atoms with Crippen molar-refractivity contribution >= 4 is 17.6 Å². The minimum Gasteiger partial charge on any atom is -0.497 e. The summed E-state index contributed by atoms with van der Waals surface area (Å²) in [5, 5.41) is 2.58. The number of benzene rings is 2. The Hall–Kier alpha value is -3.36. The Morgan fingerprint density at radius 3 is 2.41 bits per heavy atom. The SMILES string of the molecule is COc1ccc(-c2cc(NC(=O)CN(C)C(N)=O)ccc2OC(F)F)cc1. The molecule has 0 aliphatic carbocycles. The van der Waals surface area contributed by atoms with Crippen LogP contribution < -0.4 is 20.5 Å². The molecule has 3 N–H and O–H groups in total. The summed E-state index contributed by atoms with van der Waals surface area (Å²) in [4.78, 5) is 24.0. The molecule has 27 heavy (non-hydrogen) atoms. The number of methoxy groups -OCH3 is 1. The van der Waals surface area contributed by atoms with Crippen molar-refractivity contribution < 1.29 is 27.8 Å². The Balaban J connectivity index is 2.30. The van der Waals surface area contributed by atoms with Gasteiger partial charge >= 0.3 is 12.6 Å². The van der Waals surface area contributed by atoms with Crippen molar-refractivity contribution in [3.8, 4) is 22.6 Å². The van der Waals surface area contributed by atoms with Gasteiger partial charge in [0.25, 0.3) is 0 Å². The number of halogens is 2. The zero-order chi connectivity index (χ0) is 20.0. The van der Waals surface area contributed by atoms with E-state index < -0.39 is 18.5 Å². The lowest BCUT2D eigenvalue weighted by atomic mass is 10.0. The first-order chi connectivity index (χ1) is 12.8. The summed E-state index contributed by atoms with van der Waals surface area (Å²) in [6.45, 7) is -3.24. The van der Waals surface area contributed by atoms with Gasteiger partial charge in [0.1, 0.15) is 18.0 Å². The highest BCUT2D eigenvalue weighted by Gasteiger charge is 2.15. The van der Waals surface area contributed by atoms with Crippen molar-refractivity contribution in [2.45, 2.75) is 6.61 Å². The Kier molecular flexibility index (Phi) is 6.53. The molecule has 3 amide bonds. The number of hydrogen-bond donors (Lipinski definition) is 2. The second-order valence-electron chi connectivity index (χ2n) is 5.56. The van der Waals surface area contributed by atoms with Crippen LogP contribution in [0, 0.1) is 0 Å². The van der Waals surface area contributed by atoms with E-state index in [4.69, 9.17) is 10.5 Å². The Morgan fingerprint density at radius 2 is 1.85 bits per heavy atom. The van der Waals surface area contributed by atoms with E-state index in [1.807, 2.05) is 0 Å². The van der Waals surface area contributed by atoms with Crippen LogP contribution in [0.15, 0.2) is 42.5 Å². The van der Waals surface area contributed by atoms with Gasteiger partial charge in [-0.15, -0.1) is 0 Å². The van der Waals surface area contributed by atoms with Crippen molar-refractivity contribution in [3.63, 3.8) is 0 Å². The molecular weight excluding hydrogens is 360 g/mol. The molecule has 0 saturated heterocycles. The minimum atomic E-state index is -2.99. The summed E-state index contributed by atoms with van der Waals surface area (Å²) in [6.07, 6.45) is 0. The molecule has 0 aliphatic heterocycles. The Bertz CT molecular complexity index is 813. The molecule has 2 aromatic rings. The van der Waals surface area contributed by atoms with Crippen molar-refractivity contribution in [1.82, 2.24) is 4.90 Å². The second-order valence-corrected chi connectivity index (χ2v) is 5.56. The van der Waals surface area contributed by atoms with Gasteiger partial charge in [-0.1, -0.05) is 12.1 Å². The molecule has 0 bridgehead atoms. The van der Waals surface area contributed by atoms with Crippen LogP contribution in [-0.4, -0.2) is 44.2 Å². The van der Waals surface area contributed by atoms with Gasteiger partial charge in [-0.3, -0.25) is 4.79 Å². The standard InChI is InChI=1S/C18H19F2N3O4/c1-23(18(21)25)10-16(24)22-12-5-8-15(27-17(19)20)14(9-12)11-3-6-13(26-2)7-4-11/h3-9,17H,10H2,1-2H3,(H2,21,25)(H,22,24). The smallest absolute Gasteiger partial charge is 0.387 e. The largest absolute Gasteiger partial charge is 0.497 e. The van der Waals surface area contributed by atoms with Crippen LogP contribution in [0.5, 0.6) is 11.5 Å². The lowest BCUT2D eigenvalue weighted by molar-refractivity contribution is -0.116. The van der Waals surface area contributed by atoms with E-state index in [2.05, 4.69) is 10.1 Å². The second kappa shape index (κ2) is 8.84. The minimum absolute atomic E-state index is 0.0394. The number of hydrogen-bond acceptors (Lipinski definition) is 4. The fourth-order valence-electron chi connectivity index (χ4n) is 2.30. The topological polar surface area (TPSA) is 93.9 Å². The predicted molar refractivity (Wildman–Crippen MR) is 95.9 cm³/mol. The fraction of sp³-hybridized carbons (Fsp3) is 0.222. The van der Waals surface area contributed by atoms with Gasteiger partial charge in [-0.05, 0) is 35.9 Å². The molecule has 7 nitrogen and oxygen atoms in total. The van der Waals surface area contributed by atoms with Crippen LogP contribution in [0.25, 0.3) is 11.1 Å². The number of rotatable bonds is 7. The number of nitrogens with zero attached hydrogens (tertiary/aromatic N) is 1. The number of nitrogens with two attached hydrogens (primary N) is 1. The van der Waals surface area contributed by atoms with Crippen LogP contribution in [0.4, 0.5) is 19.3 Å². The molecular formula is C18H19F2N3O4. The number of alkyl halides is 2. The zero-order valence-corrected chi connectivity index (χ0v) is 14.7. The Labute approximate surface area is 154 Å². The van der Waals surface area contributed by atoms with E-state index in [1.165, 1.54) is 32.4 Å². The number of amides is 3. The van der Waals surface area contributed by atoms with E-state index in [0.29, 0.717) is 22.6 Å². The lowest BCUT2D eigenvalue weighted by Gasteiger charge is -2.16. The first-order valence-electron chi connectivity index (χ1n) is 7.84. The third-order valence-corrected chi connectivity index (χ3v) is 3.64. The molecule has 0 fully saturated rings. The quantitative estimate of drug-likeness (QED) is 0.773. The van der Waals surface area contributed by atoms with Gasteiger partial charge in [0.15, 0.2) is 0 Å². The van der Waals surface area contributed by atoms with Gasteiger partial charge in [0, 0.05) is 18.3 Å². The molecule has 0 saturated carbocycles. The van der Waals surface area contributed by atoms with Crippen LogP contribution in [-0.2, 0) is 4.79 Å². The molecule has 144 valence electrons. The third kappa shape index (κ3) is 5.56. The van der Waals surface area contributed by atoms with E-state index in [9.17, 15) is 18.4 Å². The maximum Gasteiger partial charge on any atom is 0.387 e. The average Bonchev–Trinajstić information content (AvgIpc) is 2.62. The number of ether oxygens (including phenoxy) is 2. The molecule has 0 aliphatic rings. The maximum absolute atomic E-state index is 12.7. The first-order valence-corrected chi connectivity index (χ1v) is 7.84. The first kappa shape index (κ1) is 20.0. The molecule has 0 aromatic heterocycles. The number of carbonyl (C=O) groups is 2. The van der Waals surface area contributed by atoms with Crippen molar-refractivity contribution in [3.05, 3.63) is 42.5 Å².